The van der Waals surface area contributed by atoms with Gasteiger partial charge in [-0.25, -0.2) is 0 Å². The van der Waals surface area contributed by atoms with Crippen LogP contribution < -0.4 is 15.0 Å². The Labute approximate surface area is 142 Å². The van der Waals surface area contributed by atoms with Gasteiger partial charge in [0.15, 0.2) is 0 Å². The number of nitrogens with one attached hydrogen (secondary N) is 1. The average Bonchev–Trinajstić information content (AvgIpc) is 2.62. The van der Waals surface area contributed by atoms with E-state index in [9.17, 15) is 9.59 Å². The SMILES string of the molecule is COCCNC(=O)CC(=O)N1CCN(c2ccc(OC)cc2)CC1. The zero-order valence-corrected chi connectivity index (χ0v) is 14.3. The van der Waals surface area contributed by atoms with E-state index in [1.54, 1.807) is 19.1 Å². The molecule has 0 saturated carbocycles. The topological polar surface area (TPSA) is 71.1 Å². The highest BCUT2D eigenvalue weighted by Gasteiger charge is 2.22. The monoisotopic (exact) mass is 335 g/mol. The van der Waals surface area contributed by atoms with Crippen molar-refractivity contribution < 1.29 is 19.1 Å². The lowest BCUT2D eigenvalue weighted by molar-refractivity contribution is -0.136. The van der Waals surface area contributed by atoms with Gasteiger partial charge in [-0.1, -0.05) is 0 Å². The molecule has 0 bridgehead atoms. The molecule has 0 unspecified atom stereocenters. The Morgan fingerprint density at radius 3 is 2.33 bits per heavy atom. The molecule has 7 nitrogen and oxygen atoms in total. The largest absolute Gasteiger partial charge is 0.497 e. The lowest BCUT2D eigenvalue weighted by Gasteiger charge is -2.36. The lowest BCUT2D eigenvalue weighted by Crippen LogP contribution is -2.49. The molecule has 0 atom stereocenters. The first kappa shape index (κ1) is 18.1. The van der Waals surface area contributed by atoms with E-state index in [4.69, 9.17) is 9.47 Å². The van der Waals surface area contributed by atoms with Crippen LogP contribution in [0.15, 0.2) is 24.3 Å². The average molecular weight is 335 g/mol. The van der Waals surface area contributed by atoms with E-state index in [1.165, 1.54) is 0 Å². The van der Waals surface area contributed by atoms with Crippen molar-refractivity contribution in [2.75, 3.05) is 58.5 Å². The Balaban J connectivity index is 1.77. The predicted octanol–water partition coefficient (Wildman–Crippen LogP) is 0.497. The highest BCUT2D eigenvalue weighted by atomic mass is 16.5. The highest BCUT2D eigenvalue weighted by Crippen LogP contribution is 2.20. The maximum absolute atomic E-state index is 12.2. The maximum atomic E-state index is 12.2. The number of carbonyl (C=O) groups excluding carboxylic acids is 2. The van der Waals surface area contributed by atoms with Gasteiger partial charge in [0, 0.05) is 45.5 Å². The van der Waals surface area contributed by atoms with Gasteiger partial charge in [0.25, 0.3) is 0 Å². The molecule has 1 aliphatic rings. The second-order valence-electron chi connectivity index (χ2n) is 5.59. The Morgan fingerprint density at radius 1 is 1.08 bits per heavy atom. The van der Waals surface area contributed by atoms with Crippen LogP contribution in [-0.2, 0) is 14.3 Å². The normalized spacial score (nSPS) is 14.4. The van der Waals surface area contributed by atoms with Gasteiger partial charge in [0.05, 0.1) is 13.7 Å². The molecule has 0 aliphatic carbocycles. The van der Waals surface area contributed by atoms with E-state index in [0.717, 1.165) is 24.5 Å². The van der Waals surface area contributed by atoms with Crippen LogP contribution >= 0.6 is 0 Å². The van der Waals surface area contributed by atoms with Crippen molar-refractivity contribution in [1.29, 1.82) is 0 Å². The summed E-state index contributed by atoms with van der Waals surface area (Å²) in [6.07, 6.45) is -0.105. The Morgan fingerprint density at radius 2 is 1.75 bits per heavy atom. The van der Waals surface area contributed by atoms with Crippen LogP contribution in [0.3, 0.4) is 0 Å². The van der Waals surface area contributed by atoms with Crippen LogP contribution in [-0.4, -0.2) is 70.3 Å². The molecule has 0 aromatic heterocycles. The van der Waals surface area contributed by atoms with Crippen LogP contribution in [0, 0.1) is 0 Å². The highest BCUT2D eigenvalue weighted by molar-refractivity contribution is 5.96. The van der Waals surface area contributed by atoms with Gasteiger partial charge in [0.2, 0.25) is 11.8 Å². The lowest BCUT2D eigenvalue weighted by atomic mass is 10.2. The fourth-order valence-corrected chi connectivity index (χ4v) is 2.61. The van der Waals surface area contributed by atoms with Gasteiger partial charge >= 0.3 is 0 Å². The molecule has 1 heterocycles. The Kier molecular flexibility index (Phi) is 6.87. The number of hydrogen-bond acceptors (Lipinski definition) is 5. The Bertz CT molecular complexity index is 539. The molecular formula is C17H25N3O4. The molecule has 1 N–H and O–H groups in total. The van der Waals surface area contributed by atoms with Crippen LogP contribution in [0.5, 0.6) is 5.75 Å². The number of amides is 2. The summed E-state index contributed by atoms with van der Waals surface area (Å²) in [6.45, 7) is 3.62. The third-order valence-electron chi connectivity index (χ3n) is 4.01. The molecular weight excluding hydrogens is 310 g/mol. The molecule has 132 valence electrons. The van der Waals surface area contributed by atoms with Crippen molar-refractivity contribution in [2.24, 2.45) is 0 Å². The summed E-state index contributed by atoms with van der Waals surface area (Å²) in [6, 6.07) is 7.88. The van der Waals surface area contributed by atoms with Gasteiger partial charge in [-0.05, 0) is 24.3 Å². The van der Waals surface area contributed by atoms with E-state index in [1.807, 2.05) is 24.3 Å². The quantitative estimate of drug-likeness (QED) is 0.580. The van der Waals surface area contributed by atoms with Crippen molar-refractivity contribution in [2.45, 2.75) is 6.42 Å². The standard InChI is InChI=1S/C17H25N3O4/c1-23-12-7-18-16(21)13-17(22)20-10-8-19(9-11-20)14-3-5-15(24-2)6-4-14/h3-6H,7-13H2,1-2H3,(H,18,21). The third kappa shape index (κ3) is 5.13. The maximum Gasteiger partial charge on any atom is 0.232 e. The van der Waals surface area contributed by atoms with E-state index in [-0.39, 0.29) is 18.2 Å². The smallest absolute Gasteiger partial charge is 0.232 e. The minimum Gasteiger partial charge on any atom is -0.497 e. The Hall–Kier alpha value is -2.28. The summed E-state index contributed by atoms with van der Waals surface area (Å²) in [4.78, 5) is 27.8. The number of benzene rings is 1. The second-order valence-corrected chi connectivity index (χ2v) is 5.59. The molecule has 0 radical (unpaired) electrons. The molecule has 1 saturated heterocycles. The van der Waals surface area contributed by atoms with Crippen LogP contribution in [0.25, 0.3) is 0 Å². The van der Waals surface area contributed by atoms with Gasteiger partial charge in [-0.2, -0.15) is 0 Å². The molecule has 1 aromatic carbocycles. The summed E-state index contributed by atoms with van der Waals surface area (Å²) >= 11 is 0. The second kappa shape index (κ2) is 9.12. The molecule has 2 rings (SSSR count). The summed E-state index contributed by atoms with van der Waals surface area (Å²) in [5.41, 5.74) is 1.11. The molecule has 0 spiro atoms. The first-order chi connectivity index (χ1) is 11.6. The number of nitrogens with zero attached hydrogens (tertiary/aromatic N) is 2. The van der Waals surface area contributed by atoms with Crippen LogP contribution in [0.1, 0.15) is 6.42 Å². The molecule has 24 heavy (non-hydrogen) atoms. The minimum atomic E-state index is -0.255. The zero-order chi connectivity index (χ0) is 17.4. The van der Waals surface area contributed by atoms with Gasteiger partial charge in [0.1, 0.15) is 12.2 Å². The molecule has 2 amide bonds. The van der Waals surface area contributed by atoms with Crippen molar-refractivity contribution in [3.8, 4) is 5.75 Å². The third-order valence-corrected chi connectivity index (χ3v) is 4.01. The van der Waals surface area contributed by atoms with E-state index in [2.05, 4.69) is 10.2 Å². The number of methoxy groups -OCH3 is 2. The number of piperazine rings is 1. The van der Waals surface area contributed by atoms with E-state index in [0.29, 0.717) is 26.2 Å². The number of ether oxygens (including phenoxy) is 2. The zero-order valence-electron chi connectivity index (χ0n) is 14.3. The minimum absolute atomic E-state index is 0.105. The summed E-state index contributed by atoms with van der Waals surface area (Å²) in [5.74, 6) is 0.445. The number of carbonyl (C=O) groups is 2. The molecule has 7 heteroatoms. The van der Waals surface area contributed by atoms with Crippen molar-refractivity contribution >= 4 is 17.5 Å². The molecule has 1 aromatic rings. The molecule has 1 fully saturated rings. The fourth-order valence-electron chi connectivity index (χ4n) is 2.61. The first-order valence-electron chi connectivity index (χ1n) is 8.06. The van der Waals surface area contributed by atoms with Crippen molar-refractivity contribution in [3.63, 3.8) is 0 Å². The van der Waals surface area contributed by atoms with Gasteiger partial charge in [-0.15, -0.1) is 0 Å². The van der Waals surface area contributed by atoms with Crippen LogP contribution in [0.4, 0.5) is 5.69 Å². The summed E-state index contributed by atoms with van der Waals surface area (Å²) in [7, 11) is 3.21. The summed E-state index contributed by atoms with van der Waals surface area (Å²) in [5, 5.41) is 2.67. The first-order valence-corrected chi connectivity index (χ1v) is 8.06. The van der Waals surface area contributed by atoms with E-state index >= 15 is 0 Å². The summed E-state index contributed by atoms with van der Waals surface area (Å²) < 4.78 is 10.0. The number of rotatable bonds is 7. The fraction of sp³-hybridized carbons (Fsp3) is 0.529. The number of anilines is 1. The van der Waals surface area contributed by atoms with Crippen LogP contribution in [0.2, 0.25) is 0 Å². The number of hydrogen-bond donors (Lipinski definition) is 1. The predicted molar refractivity (Wildman–Crippen MR) is 91.3 cm³/mol. The molecule has 1 aliphatic heterocycles. The van der Waals surface area contributed by atoms with Gasteiger partial charge < -0.3 is 24.6 Å². The van der Waals surface area contributed by atoms with E-state index < -0.39 is 0 Å². The van der Waals surface area contributed by atoms with Crippen molar-refractivity contribution in [1.82, 2.24) is 10.2 Å². The van der Waals surface area contributed by atoms with Gasteiger partial charge in [-0.3, -0.25) is 9.59 Å². The van der Waals surface area contributed by atoms with Crippen molar-refractivity contribution in [3.05, 3.63) is 24.3 Å².